The van der Waals surface area contributed by atoms with Crippen LogP contribution in [0.3, 0.4) is 0 Å². The number of carboxylic acids is 1. The summed E-state index contributed by atoms with van der Waals surface area (Å²) >= 11 is 0. The second kappa shape index (κ2) is 12.2. The highest BCUT2D eigenvalue weighted by Gasteiger charge is 2.29. The van der Waals surface area contributed by atoms with Gasteiger partial charge in [-0.05, 0) is 84.8 Å². The van der Waals surface area contributed by atoms with Gasteiger partial charge in [0.15, 0.2) is 15.6 Å². The average Bonchev–Trinajstić information content (AvgIpc) is 2.89. The number of aryl methyl sites for hydroxylation is 4. The van der Waals surface area contributed by atoms with Crippen LogP contribution in [0.4, 0.5) is 4.39 Å². The lowest BCUT2D eigenvalue weighted by Gasteiger charge is -2.25. The van der Waals surface area contributed by atoms with Gasteiger partial charge in [0.1, 0.15) is 5.82 Å². The molecule has 4 aromatic rings. The molecule has 0 unspecified atom stereocenters. The molecule has 0 aliphatic heterocycles. The predicted molar refractivity (Wildman–Crippen MR) is 160 cm³/mol. The highest BCUT2D eigenvalue weighted by Crippen LogP contribution is 2.29. The molecule has 0 heterocycles. The molecule has 220 valence electrons. The largest absolute Gasteiger partial charge is 0.480 e. The van der Waals surface area contributed by atoms with Crippen LogP contribution in [0.5, 0.6) is 0 Å². The Labute approximate surface area is 246 Å². The molecule has 0 atom stereocenters. The number of rotatable bonds is 10. The van der Waals surface area contributed by atoms with Crippen LogP contribution in [0.1, 0.15) is 33.4 Å². The van der Waals surface area contributed by atoms with Gasteiger partial charge < -0.3 is 5.11 Å². The normalized spacial score (nSPS) is 12.0. The third-order valence-electron chi connectivity index (χ3n) is 6.94. The maximum atomic E-state index is 14.1. The summed E-state index contributed by atoms with van der Waals surface area (Å²) in [6, 6.07) is 21.3. The lowest BCUT2D eigenvalue weighted by molar-refractivity contribution is -0.134. The number of benzene rings is 4. The maximum Gasteiger partial charge on any atom is 0.319 e. The van der Waals surface area contributed by atoms with Crippen LogP contribution < -0.4 is 0 Å². The summed E-state index contributed by atoms with van der Waals surface area (Å²) in [4.78, 5) is 11.1. The fourth-order valence-corrected chi connectivity index (χ4v) is 7.97. The highest BCUT2D eigenvalue weighted by atomic mass is 32.2. The fraction of sp³-hybridized carbons (Fsp3) is 0.219. The Balaban J connectivity index is 1.69. The third kappa shape index (κ3) is 6.95. The number of carbonyl (C=O) groups is 1. The lowest BCUT2D eigenvalue weighted by atomic mass is 10.0. The number of hydrogen-bond acceptors (Lipinski definition) is 5. The second-order valence-corrected chi connectivity index (χ2v) is 14.3. The Kier molecular flexibility index (Phi) is 9.01. The molecule has 0 amide bonds. The molecule has 0 bridgehead atoms. The SMILES string of the molecule is Cc1cc(C)c(S(=O)(=O)N(Cc2ccc(-c3cccc(S(=O)(=O)CC(=O)O)c3)cc2)Cc2ccc(F)c(C)c2)c(C)c1. The third-order valence-corrected chi connectivity index (χ3v) is 10.6. The van der Waals surface area contributed by atoms with E-state index in [2.05, 4.69) is 0 Å². The zero-order valence-corrected chi connectivity index (χ0v) is 25.4. The minimum Gasteiger partial charge on any atom is -0.480 e. The van der Waals surface area contributed by atoms with E-state index >= 15 is 0 Å². The van der Waals surface area contributed by atoms with E-state index in [4.69, 9.17) is 5.11 Å². The predicted octanol–water partition coefficient (Wildman–Crippen LogP) is 5.98. The number of carboxylic acid groups (broad SMARTS) is 1. The van der Waals surface area contributed by atoms with Crippen molar-refractivity contribution in [2.45, 2.75) is 50.6 Å². The van der Waals surface area contributed by atoms with Crippen LogP contribution in [-0.2, 0) is 37.7 Å². The maximum absolute atomic E-state index is 14.1. The molecule has 4 aromatic carbocycles. The molecule has 0 saturated heterocycles. The van der Waals surface area contributed by atoms with Gasteiger partial charge in [-0.1, -0.05) is 66.2 Å². The van der Waals surface area contributed by atoms with E-state index in [1.807, 2.05) is 19.1 Å². The molecule has 0 aliphatic carbocycles. The number of aliphatic carboxylic acids is 1. The molecule has 1 N–H and O–H groups in total. The molecule has 0 fully saturated rings. The number of nitrogens with zero attached hydrogens (tertiary/aromatic N) is 1. The topological polar surface area (TPSA) is 109 Å². The van der Waals surface area contributed by atoms with Crippen molar-refractivity contribution in [3.63, 3.8) is 0 Å². The van der Waals surface area contributed by atoms with Gasteiger partial charge in [0.25, 0.3) is 0 Å². The Morgan fingerprint density at radius 3 is 1.93 bits per heavy atom. The van der Waals surface area contributed by atoms with E-state index < -0.39 is 31.6 Å². The molecule has 7 nitrogen and oxygen atoms in total. The van der Waals surface area contributed by atoms with E-state index in [1.54, 1.807) is 69.3 Å². The molecule has 10 heteroatoms. The first-order valence-corrected chi connectivity index (χ1v) is 16.2. The van der Waals surface area contributed by atoms with Crippen molar-refractivity contribution in [1.82, 2.24) is 4.31 Å². The van der Waals surface area contributed by atoms with Gasteiger partial charge in [-0.3, -0.25) is 4.79 Å². The van der Waals surface area contributed by atoms with Gasteiger partial charge in [0, 0.05) is 13.1 Å². The van der Waals surface area contributed by atoms with E-state index in [0.717, 1.165) is 5.56 Å². The first-order chi connectivity index (χ1) is 19.7. The van der Waals surface area contributed by atoms with Gasteiger partial charge in [-0.15, -0.1) is 0 Å². The Bertz CT molecular complexity index is 1840. The monoisotopic (exact) mass is 609 g/mol. The van der Waals surface area contributed by atoms with Crippen molar-refractivity contribution >= 4 is 25.8 Å². The Morgan fingerprint density at radius 1 is 0.738 bits per heavy atom. The summed E-state index contributed by atoms with van der Waals surface area (Å²) in [7, 11) is -7.97. The van der Waals surface area contributed by atoms with E-state index in [-0.39, 0.29) is 28.7 Å². The molecule has 0 spiro atoms. The second-order valence-electron chi connectivity index (χ2n) is 10.5. The summed E-state index contributed by atoms with van der Waals surface area (Å²) in [6.07, 6.45) is 0. The lowest BCUT2D eigenvalue weighted by Crippen LogP contribution is -2.31. The molecule has 42 heavy (non-hydrogen) atoms. The van der Waals surface area contributed by atoms with Crippen LogP contribution in [0.15, 0.2) is 88.7 Å². The minimum atomic E-state index is -4.00. The van der Waals surface area contributed by atoms with Gasteiger partial charge in [-0.2, -0.15) is 4.31 Å². The number of sulfonamides is 1. The van der Waals surface area contributed by atoms with Crippen molar-refractivity contribution in [2.24, 2.45) is 0 Å². The van der Waals surface area contributed by atoms with E-state index in [1.165, 1.54) is 22.5 Å². The highest BCUT2D eigenvalue weighted by molar-refractivity contribution is 7.92. The average molecular weight is 610 g/mol. The van der Waals surface area contributed by atoms with Crippen molar-refractivity contribution < 1.29 is 31.1 Å². The smallest absolute Gasteiger partial charge is 0.319 e. The van der Waals surface area contributed by atoms with Crippen LogP contribution >= 0.6 is 0 Å². The molecule has 0 aromatic heterocycles. The minimum absolute atomic E-state index is 0.0292. The number of hydrogen-bond donors (Lipinski definition) is 1. The van der Waals surface area contributed by atoms with Gasteiger partial charge in [-0.25, -0.2) is 21.2 Å². The summed E-state index contributed by atoms with van der Waals surface area (Å²) < 4.78 is 68.3. The number of halogens is 1. The molecule has 0 aliphatic rings. The van der Waals surface area contributed by atoms with Crippen LogP contribution in [-0.4, -0.2) is 38.0 Å². The first-order valence-electron chi connectivity index (χ1n) is 13.1. The van der Waals surface area contributed by atoms with Gasteiger partial charge in [0.05, 0.1) is 9.79 Å². The quantitative estimate of drug-likeness (QED) is 0.237. The molecule has 0 saturated carbocycles. The van der Waals surface area contributed by atoms with Crippen LogP contribution in [0.25, 0.3) is 11.1 Å². The summed E-state index contributed by atoms with van der Waals surface area (Å²) in [5.74, 6) is -2.81. The molecular weight excluding hydrogens is 577 g/mol. The summed E-state index contributed by atoms with van der Waals surface area (Å²) in [6.45, 7) is 7.15. The van der Waals surface area contributed by atoms with Crippen molar-refractivity contribution in [2.75, 3.05) is 5.75 Å². The van der Waals surface area contributed by atoms with Crippen molar-refractivity contribution in [3.05, 3.63) is 118 Å². The van der Waals surface area contributed by atoms with Crippen LogP contribution in [0.2, 0.25) is 0 Å². The van der Waals surface area contributed by atoms with Gasteiger partial charge in [0.2, 0.25) is 10.0 Å². The van der Waals surface area contributed by atoms with Crippen molar-refractivity contribution in [3.8, 4) is 11.1 Å². The summed E-state index contributed by atoms with van der Waals surface area (Å²) in [5.41, 5.74) is 5.26. The molecule has 4 rings (SSSR count). The number of sulfone groups is 1. The fourth-order valence-electron chi connectivity index (χ4n) is 5.06. The Morgan fingerprint density at radius 2 is 1.33 bits per heavy atom. The zero-order chi connectivity index (χ0) is 30.8. The van der Waals surface area contributed by atoms with Gasteiger partial charge >= 0.3 is 5.97 Å². The van der Waals surface area contributed by atoms with E-state index in [0.29, 0.717) is 38.9 Å². The standard InChI is InChI=1S/C32H32FNO6S2/c1-21-14-23(3)32(24(4)15-21)42(39,40)34(19-26-10-13-30(33)22(2)16-26)18-25-8-11-27(12-9-25)28-6-5-7-29(17-28)41(37,38)20-31(35)36/h5-17H,18-20H2,1-4H3,(H,35,36). The first kappa shape index (κ1) is 31.1. The summed E-state index contributed by atoms with van der Waals surface area (Å²) in [5, 5.41) is 8.95. The molecule has 0 radical (unpaired) electrons. The Hall–Kier alpha value is -3.86. The van der Waals surface area contributed by atoms with Crippen molar-refractivity contribution in [1.29, 1.82) is 0 Å². The van der Waals surface area contributed by atoms with E-state index in [9.17, 15) is 26.0 Å². The zero-order valence-electron chi connectivity index (χ0n) is 23.8. The molecular formula is C32H32FNO6S2. The van der Waals surface area contributed by atoms with Crippen LogP contribution in [0, 0.1) is 33.5 Å².